The highest BCUT2D eigenvalue weighted by molar-refractivity contribution is 5.86. The molecule has 1 aromatic carbocycles. The standard InChI is InChI=1S/C19H24N2O5/c1-5-24-17(22)15-12-25-16(20-15)14(11-13-9-7-6-8-10-13)21-18(23)26-19(2,3)4/h6-10,12,14H,5,11H2,1-4H3,(H,21,23)/t14-/m0/s1. The Morgan fingerprint density at radius 3 is 2.54 bits per heavy atom. The van der Waals surface area contributed by atoms with Crippen LogP contribution >= 0.6 is 0 Å². The maximum atomic E-state index is 12.2. The van der Waals surface area contributed by atoms with Gasteiger partial charge in [0.25, 0.3) is 0 Å². The number of esters is 1. The lowest BCUT2D eigenvalue weighted by Crippen LogP contribution is -2.36. The Morgan fingerprint density at radius 1 is 1.23 bits per heavy atom. The van der Waals surface area contributed by atoms with Gasteiger partial charge in [-0.2, -0.15) is 0 Å². The summed E-state index contributed by atoms with van der Waals surface area (Å²) in [6.45, 7) is 7.29. The molecular formula is C19H24N2O5. The Labute approximate surface area is 152 Å². The second-order valence-corrected chi connectivity index (χ2v) is 6.68. The fourth-order valence-corrected chi connectivity index (χ4v) is 2.25. The van der Waals surface area contributed by atoms with E-state index in [0.29, 0.717) is 6.42 Å². The fourth-order valence-electron chi connectivity index (χ4n) is 2.25. The first kappa shape index (κ1) is 19.5. The van der Waals surface area contributed by atoms with Gasteiger partial charge in [-0.1, -0.05) is 30.3 Å². The number of carbonyl (C=O) groups excluding carboxylic acids is 2. The number of ether oxygens (including phenoxy) is 2. The number of carbonyl (C=O) groups is 2. The molecule has 2 rings (SSSR count). The zero-order valence-corrected chi connectivity index (χ0v) is 15.4. The van der Waals surface area contributed by atoms with Crippen molar-refractivity contribution in [2.75, 3.05) is 6.61 Å². The predicted octanol–water partition coefficient (Wildman–Crippen LogP) is 3.66. The minimum Gasteiger partial charge on any atom is -0.461 e. The number of alkyl carbamates (subject to hydrolysis) is 1. The van der Waals surface area contributed by atoms with Crippen LogP contribution in [-0.4, -0.2) is 29.3 Å². The summed E-state index contributed by atoms with van der Waals surface area (Å²) in [6, 6.07) is 8.98. The lowest BCUT2D eigenvalue weighted by atomic mass is 10.1. The number of oxazole rings is 1. The number of hydrogen-bond donors (Lipinski definition) is 1. The molecular weight excluding hydrogens is 336 g/mol. The second kappa shape index (κ2) is 8.51. The fraction of sp³-hybridized carbons (Fsp3) is 0.421. The first-order valence-electron chi connectivity index (χ1n) is 8.44. The van der Waals surface area contributed by atoms with Gasteiger partial charge < -0.3 is 19.2 Å². The van der Waals surface area contributed by atoms with E-state index in [1.807, 2.05) is 30.3 Å². The van der Waals surface area contributed by atoms with Gasteiger partial charge in [-0.25, -0.2) is 14.6 Å². The molecule has 140 valence electrons. The number of amides is 1. The van der Waals surface area contributed by atoms with Gasteiger partial charge in [-0.3, -0.25) is 0 Å². The normalized spacial score (nSPS) is 12.3. The van der Waals surface area contributed by atoms with Crippen molar-refractivity contribution in [3.63, 3.8) is 0 Å². The van der Waals surface area contributed by atoms with E-state index in [2.05, 4.69) is 10.3 Å². The summed E-state index contributed by atoms with van der Waals surface area (Å²) in [5.41, 5.74) is 0.406. The third kappa shape index (κ3) is 5.91. The molecule has 0 aliphatic heterocycles. The van der Waals surface area contributed by atoms with Crippen molar-refractivity contribution in [2.45, 2.75) is 45.8 Å². The molecule has 0 unspecified atom stereocenters. The summed E-state index contributed by atoms with van der Waals surface area (Å²) in [7, 11) is 0. The summed E-state index contributed by atoms with van der Waals surface area (Å²) in [5, 5.41) is 2.75. The molecule has 0 spiro atoms. The largest absolute Gasteiger partial charge is 0.461 e. The molecule has 0 saturated heterocycles. The van der Waals surface area contributed by atoms with Crippen molar-refractivity contribution in [1.29, 1.82) is 0 Å². The topological polar surface area (TPSA) is 90.7 Å². The molecule has 0 aliphatic rings. The van der Waals surface area contributed by atoms with Crippen molar-refractivity contribution in [1.82, 2.24) is 10.3 Å². The predicted molar refractivity (Wildman–Crippen MR) is 94.7 cm³/mol. The number of aromatic nitrogens is 1. The summed E-state index contributed by atoms with van der Waals surface area (Å²) < 4.78 is 15.6. The zero-order valence-electron chi connectivity index (χ0n) is 15.4. The third-order valence-electron chi connectivity index (χ3n) is 3.28. The monoisotopic (exact) mass is 360 g/mol. The molecule has 0 fully saturated rings. The van der Waals surface area contributed by atoms with Gasteiger partial charge in [-0.15, -0.1) is 0 Å². The summed E-state index contributed by atoms with van der Waals surface area (Å²) in [4.78, 5) is 28.1. The van der Waals surface area contributed by atoms with Crippen LogP contribution in [0.4, 0.5) is 4.79 Å². The van der Waals surface area contributed by atoms with Crippen LogP contribution in [0.15, 0.2) is 41.0 Å². The highest BCUT2D eigenvalue weighted by Crippen LogP contribution is 2.20. The molecule has 1 atom stereocenters. The van der Waals surface area contributed by atoms with Crippen LogP contribution in [0.5, 0.6) is 0 Å². The van der Waals surface area contributed by atoms with Crippen molar-refractivity contribution >= 4 is 12.1 Å². The number of nitrogens with zero attached hydrogens (tertiary/aromatic N) is 1. The molecule has 0 aliphatic carbocycles. The van der Waals surface area contributed by atoms with E-state index in [1.54, 1.807) is 27.7 Å². The van der Waals surface area contributed by atoms with Crippen LogP contribution in [0.1, 0.15) is 55.7 Å². The van der Waals surface area contributed by atoms with Gasteiger partial charge in [0.1, 0.15) is 17.9 Å². The van der Waals surface area contributed by atoms with E-state index >= 15 is 0 Å². The van der Waals surface area contributed by atoms with Crippen LogP contribution in [0.25, 0.3) is 0 Å². The van der Waals surface area contributed by atoms with E-state index < -0.39 is 23.7 Å². The van der Waals surface area contributed by atoms with Gasteiger partial charge in [0.15, 0.2) is 5.69 Å². The molecule has 7 heteroatoms. The van der Waals surface area contributed by atoms with Crippen LogP contribution in [0, 0.1) is 0 Å². The van der Waals surface area contributed by atoms with Gasteiger partial charge in [0, 0.05) is 6.42 Å². The van der Waals surface area contributed by atoms with Crippen LogP contribution in [0.3, 0.4) is 0 Å². The van der Waals surface area contributed by atoms with E-state index in [1.165, 1.54) is 6.26 Å². The first-order chi connectivity index (χ1) is 12.3. The molecule has 0 bridgehead atoms. The van der Waals surface area contributed by atoms with Crippen molar-refractivity contribution < 1.29 is 23.5 Å². The maximum Gasteiger partial charge on any atom is 0.408 e. The average Bonchev–Trinajstić information content (AvgIpc) is 3.04. The van der Waals surface area contributed by atoms with E-state index in [0.717, 1.165) is 5.56 Å². The SMILES string of the molecule is CCOC(=O)c1coc([C@H](Cc2ccccc2)NC(=O)OC(C)(C)C)n1. The van der Waals surface area contributed by atoms with Crippen LogP contribution < -0.4 is 5.32 Å². The van der Waals surface area contributed by atoms with Crippen molar-refractivity contribution in [2.24, 2.45) is 0 Å². The lowest BCUT2D eigenvalue weighted by molar-refractivity contribution is 0.0493. The van der Waals surface area contributed by atoms with Gasteiger partial charge in [0.2, 0.25) is 5.89 Å². The molecule has 1 aromatic heterocycles. The summed E-state index contributed by atoms with van der Waals surface area (Å²) in [6.07, 6.45) is 1.07. The molecule has 7 nitrogen and oxygen atoms in total. The Morgan fingerprint density at radius 2 is 1.92 bits per heavy atom. The van der Waals surface area contributed by atoms with Crippen molar-refractivity contribution in [3.05, 3.63) is 53.7 Å². The second-order valence-electron chi connectivity index (χ2n) is 6.68. The molecule has 1 N–H and O–H groups in total. The van der Waals surface area contributed by atoms with Crippen LogP contribution in [-0.2, 0) is 15.9 Å². The first-order valence-corrected chi connectivity index (χ1v) is 8.44. The lowest BCUT2D eigenvalue weighted by Gasteiger charge is -2.22. The number of nitrogens with one attached hydrogen (secondary N) is 1. The summed E-state index contributed by atoms with van der Waals surface area (Å²) >= 11 is 0. The quantitative estimate of drug-likeness (QED) is 0.791. The number of benzene rings is 1. The highest BCUT2D eigenvalue weighted by atomic mass is 16.6. The molecule has 0 radical (unpaired) electrons. The van der Waals surface area contributed by atoms with Crippen LogP contribution in [0.2, 0.25) is 0 Å². The zero-order chi connectivity index (χ0) is 19.2. The number of rotatable bonds is 6. The van der Waals surface area contributed by atoms with Gasteiger partial charge in [-0.05, 0) is 33.3 Å². The average molecular weight is 360 g/mol. The Kier molecular flexibility index (Phi) is 6.38. The molecule has 0 saturated carbocycles. The van der Waals surface area contributed by atoms with Gasteiger partial charge in [0.05, 0.1) is 6.61 Å². The summed E-state index contributed by atoms with van der Waals surface area (Å²) in [5.74, 6) is -0.360. The minimum atomic E-state index is -0.631. The Hall–Kier alpha value is -2.83. The maximum absolute atomic E-state index is 12.2. The minimum absolute atomic E-state index is 0.0610. The Balaban J connectivity index is 2.20. The smallest absolute Gasteiger partial charge is 0.408 e. The van der Waals surface area contributed by atoms with E-state index in [9.17, 15) is 9.59 Å². The van der Waals surface area contributed by atoms with Gasteiger partial charge >= 0.3 is 12.1 Å². The number of hydrogen-bond acceptors (Lipinski definition) is 6. The Bertz CT molecular complexity index is 734. The highest BCUT2D eigenvalue weighted by Gasteiger charge is 2.25. The molecule has 26 heavy (non-hydrogen) atoms. The molecule has 1 amide bonds. The van der Waals surface area contributed by atoms with E-state index in [4.69, 9.17) is 13.9 Å². The van der Waals surface area contributed by atoms with Crippen molar-refractivity contribution in [3.8, 4) is 0 Å². The molecule has 1 heterocycles. The van der Waals surface area contributed by atoms with E-state index in [-0.39, 0.29) is 18.2 Å². The molecule has 2 aromatic rings. The third-order valence-corrected chi connectivity index (χ3v) is 3.28.